The van der Waals surface area contributed by atoms with E-state index in [1.807, 2.05) is 0 Å². The summed E-state index contributed by atoms with van der Waals surface area (Å²) in [5.74, 6) is -0.349. The number of aliphatic hydroxyl groups is 2. The van der Waals surface area contributed by atoms with E-state index < -0.39 is 52.2 Å². The van der Waals surface area contributed by atoms with Crippen molar-refractivity contribution in [2.24, 2.45) is 16.7 Å². The minimum Gasteiger partial charge on any atom is -0.387 e. The number of rotatable bonds is 8. The van der Waals surface area contributed by atoms with E-state index in [1.165, 1.54) is 17.3 Å². The Morgan fingerprint density at radius 3 is 2.53 bits per heavy atom. The van der Waals surface area contributed by atoms with Crippen LogP contribution in [0.2, 0.25) is 5.28 Å². The van der Waals surface area contributed by atoms with Crippen molar-refractivity contribution in [3.8, 4) is 0 Å². The summed E-state index contributed by atoms with van der Waals surface area (Å²) in [6.07, 6.45) is -0.903. The lowest BCUT2D eigenvalue weighted by molar-refractivity contribution is -0.0483. The molecule has 3 unspecified atom stereocenters. The van der Waals surface area contributed by atoms with Gasteiger partial charge in [-0.25, -0.2) is 4.98 Å². The van der Waals surface area contributed by atoms with Gasteiger partial charge in [0.1, 0.15) is 18.3 Å². The monoisotopic (exact) mass is 595 g/mol. The maximum atomic E-state index is 12.0. The molecule has 1 aliphatic heterocycles. The van der Waals surface area contributed by atoms with Crippen molar-refractivity contribution >= 4 is 43.8 Å². The first kappa shape index (κ1) is 28.4. The van der Waals surface area contributed by atoms with Gasteiger partial charge in [0, 0.05) is 6.04 Å². The van der Waals surface area contributed by atoms with Crippen LogP contribution in [0.25, 0.3) is 11.2 Å². The summed E-state index contributed by atoms with van der Waals surface area (Å²) in [5, 5.41) is 24.6. The molecule has 6 N–H and O–H groups in total. The second kappa shape index (κ2) is 9.44. The van der Waals surface area contributed by atoms with Gasteiger partial charge in [0.15, 0.2) is 29.1 Å². The van der Waals surface area contributed by atoms with Crippen LogP contribution >= 0.6 is 26.8 Å². The van der Waals surface area contributed by atoms with Crippen molar-refractivity contribution in [2.75, 3.05) is 17.8 Å². The van der Waals surface area contributed by atoms with Crippen molar-refractivity contribution in [1.82, 2.24) is 19.5 Å². The molecule has 17 heteroatoms. The standard InChI is InChI=1S/C21H32ClN5O9P2/c1-20(2)10-4-5-21(20,3)12(6-10)24-16-13-17(26-19(22)25-16)27(8-23-13)18-15(29)14(28)11(36-18)7-35-38(33,34)9-37(30,31)32/h8,10-12,14-15,18,28-29H,4-7,9H2,1-3H3,(H,33,34)(H,24,25,26)(H2,30,31,32)/t10-,11+,12?,14-,15?,18+,21-/m0/s1. The van der Waals surface area contributed by atoms with E-state index in [1.54, 1.807) is 0 Å². The van der Waals surface area contributed by atoms with E-state index in [0.29, 0.717) is 17.3 Å². The van der Waals surface area contributed by atoms with Crippen molar-refractivity contribution in [1.29, 1.82) is 0 Å². The number of nitrogens with one attached hydrogen (secondary N) is 1. The van der Waals surface area contributed by atoms with Gasteiger partial charge in [-0.15, -0.1) is 0 Å². The molecule has 0 aromatic carbocycles. The summed E-state index contributed by atoms with van der Waals surface area (Å²) in [6, 6.07) is 0.148. The van der Waals surface area contributed by atoms with Crippen LogP contribution in [0, 0.1) is 16.7 Å². The predicted molar refractivity (Wildman–Crippen MR) is 136 cm³/mol. The average molecular weight is 596 g/mol. The molecule has 5 rings (SSSR count). The fraction of sp³-hybridized carbons (Fsp3) is 0.762. The Labute approximate surface area is 223 Å². The Hall–Kier alpha value is -1.18. The Balaban J connectivity index is 1.37. The van der Waals surface area contributed by atoms with Crippen LogP contribution in [0.4, 0.5) is 5.82 Å². The van der Waals surface area contributed by atoms with Crippen LogP contribution in [0.3, 0.4) is 0 Å². The third-order valence-corrected chi connectivity index (χ3v) is 12.5. The molecule has 0 spiro atoms. The van der Waals surface area contributed by atoms with Crippen LogP contribution < -0.4 is 5.32 Å². The summed E-state index contributed by atoms with van der Waals surface area (Å²) in [4.78, 5) is 40.7. The minimum atomic E-state index is -4.83. The maximum Gasteiger partial charge on any atom is 0.340 e. The summed E-state index contributed by atoms with van der Waals surface area (Å²) in [7, 11) is -9.51. The molecule has 3 heterocycles. The number of aromatic nitrogens is 4. The zero-order valence-electron chi connectivity index (χ0n) is 21.0. The number of anilines is 1. The number of hydrogen-bond acceptors (Lipinski definition) is 10. The van der Waals surface area contributed by atoms with E-state index >= 15 is 0 Å². The Morgan fingerprint density at radius 1 is 1.21 bits per heavy atom. The molecule has 0 amide bonds. The lowest BCUT2D eigenvalue weighted by Gasteiger charge is -2.39. The molecular weight excluding hydrogens is 564 g/mol. The normalized spacial score (nSPS) is 36.1. The highest BCUT2D eigenvalue weighted by Crippen LogP contribution is 2.66. The second-order valence-electron chi connectivity index (χ2n) is 11.3. The van der Waals surface area contributed by atoms with Crippen molar-refractivity contribution in [3.63, 3.8) is 0 Å². The number of aliphatic hydroxyl groups excluding tert-OH is 2. The lowest BCUT2D eigenvalue weighted by Crippen LogP contribution is -2.40. The maximum absolute atomic E-state index is 12.0. The molecular formula is C21H32ClN5O9P2. The van der Waals surface area contributed by atoms with E-state index in [9.17, 15) is 24.2 Å². The van der Waals surface area contributed by atoms with Gasteiger partial charge < -0.3 is 39.5 Å². The number of halogens is 1. The van der Waals surface area contributed by atoms with E-state index in [2.05, 4.69) is 41.0 Å². The number of ether oxygens (including phenoxy) is 1. The van der Waals surface area contributed by atoms with Gasteiger partial charge in [-0.2, -0.15) is 9.97 Å². The summed E-state index contributed by atoms with van der Waals surface area (Å²) >= 11 is 6.26. The zero-order valence-corrected chi connectivity index (χ0v) is 23.6. The Morgan fingerprint density at radius 2 is 1.92 bits per heavy atom. The summed E-state index contributed by atoms with van der Waals surface area (Å²) in [6.45, 7) is 6.19. The summed E-state index contributed by atoms with van der Waals surface area (Å²) < 4.78 is 34.9. The predicted octanol–water partition coefficient (Wildman–Crippen LogP) is 2.06. The van der Waals surface area contributed by atoms with Crippen LogP contribution in [0.1, 0.15) is 46.3 Å². The van der Waals surface area contributed by atoms with Crippen molar-refractivity contribution in [2.45, 2.75) is 70.6 Å². The highest BCUT2D eigenvalue weighted by Gasteiger charge is 2.61. The highest BCUT2D eigenvalue weighted by molar-refractivity contribution is 7.70. The van der Waals surface area contributed by atoms with Crippen molar-refractivity contribution < 1.29 is 43.3 Å². The molecule has 212 valence electrons. The molecule has 0 radical (unpaired) electrons. The molecule has 2 aromatic heterocycles. The van der Waals surface area contributed by atoms with Crippen molar-refractivity contribution in [3.05, 3.63) is 11.6 Å². The van der Waals surface area contributed by atoms with Gasteiger partial charge in [0.2, 0.25) is 5.28 Å². The van der Waals surface area contributed by atoms with E-state index in [0.717, 1.165) is 12.8 Å². The molecule has 38 heavy (non-hydrogen) atoms. The number of fused-ring (bicyclic) bond motifs is 3. The highest BCUT2D eigenvalue weighted by atomic mass is 35.5. The fourth-order valence-electron chi connectivity index (χ4n) is 6.32. The molecule has 3 fully saturated rings. The van der Waals surface area contributed by atoms with Gasteiger partial charge in [0.05, 0.1) is 12.9 Å². The number of imidazole rings is 1. The number of hydrogen-bond donors (Lipinski definition) is 6. The lowest BCUT2D eigenvalue weighted by atomic mass is 9.69. The van der Waals surface area contributed by atoms with Gasteiger partial charge in [-0.3, -0.25) is 13.7 Å². The van der Waals surface area contributed by atoms with E-state index in [-0.39, 0.29) is 27.8 Å². The third-order valence-electron chi connectivity index (χ3n) is 8.91. The van der Waals surface area contributed by atoms with E-state index in [4.69, 9.17) is 30.6 Å². The average Bonchev–Trinajstić information content (AvgIpc) is 3.44. The first-order chi connectivity index (χ1) is 17.5. The second-order valence-corrected chi connectivity index (χ2v) is 15.6. The first-order valence-electron chi connectivity index (χ1n) is 12.2. The summed E-state index contributed by atoms with van der Waals surface area (Å²) in [5.41, 5.74) is 0.855. The van der Waals surface area contributed by atoms with Gasteiger partial charge in [0.25, 0.3) is 0 Å². The zero-order chi connectivity index (χ0) is 27.8. The molecule has 3 aliphatic rings. The molecule has 2 aromatic rings. The quantitative estimate of drug-likeness (QED) is 0.191. The molecule has 8 atom stereocenters. The van der Waals surface area contributed by atoms with Gasteiger partial charge >= 0.3 is 15.2 Å². The molecule has 2 bridgehead atoms. The third kappa shape index (κ3) is 4.83. The molecule has 2 saturated carbocycles. The molecule has 14 nitrogen and oxygen atoms in total. The fourth-order valence-corrected chi connectivity index (χ4v) is 9.06. The Kier molecular flexibility index (Phi) is 7.04. The number of nitrogens with zero attached hydrogens (tertiary/aromatic N) is 4. The van der Waals surface area contributed by atoms with Gasteiger partial charge in [-0.1, -0.05) is 20.8 Å². The van der Waals surface area contributed by atoms with Crippen LogP contribution in [0.15, 0.2) is 6.33 Å². The van der Waals surface area contributed by atoms with Gasteiger partial charge in [-0.05, 0) is 47.6 Å². The van der Waals surface area contributed by atoms with Crippen LogP contribution in [0.5, 0.6) is 0 Å². The smallest absolute Gasteiger partial charge is 0.340 e. The molecule has 1 saturated heterocycles. The largest absolute Gasteiger partial charge is 0.387 e. The topological polar surface area (TPSA) is 209 Å². The molecule has 2 aliphatic carbocycles. The van der Waals surface area contributed by atoms with Crippen LogP contribution in [-0.4, -0.2) is 81.3 Å². The minimum absolute atomic E-state index is 0.0536. The van der Waals surface area contributed by atoms with Crippen LogP contribution in [-0.2, 0) is 18.4 Å². The Bertz CT molecular complexity index is 1340. The SMILES string of the molecule is CC1(C)[C@H]2CC[C@@]1(C)C(Nc1nc(Cl)nc3c1ncn3[C@@H]1O[C@H](COP(=O)(O)CP(=O)(O)O)[C@H](O)C1O)C2. The first-order valence-corrected chi connectivity index (χ1v) is 16.2.